The largest absolute Gasteiger partial charge is 0.409 e. The summed E-state index contributed by atoms with van der Waals surface area (Å²) >= 11 is 0. The van der Waals surface area contributed by atoms with Crippen molar-refractivity contribution >= 4 is 5.84 Å². The molecule has 0 aliphatic carbocycles. The molecule has 3 N–H and O–H groups in total. The van der Waals surface area contributed by atoms with Crippen molar-refractivity contribution < 1.29 is 19.4 Å². The van der Waals surface area contributed by atoms with Crippen molar-refractivity contribution in [3.8, 4) is 0 Å². The minimum atomic E-state index is 0.102. The van der Waals surface area contributed by atoms with Gasteiger partial charge in [-0.3, -0.25) is 0 Å². The number of methoxy groups -OCH3 is 1. The third kappa shape index (κ3) is 6.51. The number of nitrogens with two attached hydrogens (primary N) is 1. The summed E-state index contributed by atoms with van der Waals surface area (Å²) in [4.78, 5) is 0. The first-order valence-corrected chi connectivity index (χ1v) is 6.49. The van der Waals surface area contributed by atoms with E-state index < -0.39 is 0 Å². The Labute approximate surface area is 119 Å². The number of hydrogen-bond acceptors (Lipinski definition) is 5. The van der Waals surface area contributed by atoms with Crippen molar-refractivity contribution in [2.75, 3.05) is 33.5 Å². The Bertz CT molecular complexity index is 393. The van der Waals surface area contributed by atoms with Crippen LogP contribution in [0.2, 0.25) is 0 Å². The van der Waals surface area contributed by atoms with Crippen LogP contribution in [0.5, 0.6) is 0 Å². The Hall–Kier alpha value is -1.63. The van der Waals surface area contributed by atoms with Crippen molar-refractivity contribution in [1.82, 2.24) is 0 Å². The molecule has 1 aromatic rings. The lowest BCUT2D eigenvalue weighted by atomic mass is 10.1. The molecule has 20 heavy (non-hydrogen) atoms. The topological polar surface area (TPSA) is 86.3 Å². The predicted molar refractivity (Wildman–Crippen MR) is 75.9 cm³/mol. The zero-order valence-electron chi connectivity index (χ0n) is 11.7. The van der Waals surface area contributed by atoms with E-state index in [0.717, 1.165) is 12.0 Å². The lowest BCUT2D eigenvalue weighted by molar-refractivity contribution is 0.0483. The zero-order chi connectivity index (χ0) is 14.6. The minimum absolute atomic E-state index is 0.102. The second-order valence-corrected chi connectivity index (χ2v) is 4.19. The fraction of sp³-hybridized carbons (Fsp3) is 0.500. The van der Waals surface area contributed by atoms with Crippen LogP contribution in [0.3, 0.4) is 0 Å². The van der Waals surface area contributed by atoms with Crippen LogP contribution in [0, 0.1) is 0 Å². The first kappa shape index (κ1) is 16.4. The third-order valence-electron chi connectivity index (χ3n) is 2.64. The molecule has 0 saturated heterocycles. The van der Waals surface area contributed by atoms with Crippen LogP contribution in [-0.2, 0) is 20.8 Å². The highest BCUT2D eigenvalue weighted by atomic mass is 16.5. The molecule has 0 aliphatic heterocycles. The normalized spacial score (nSPS) is 11.8. The van der Waals surface area contributed by atoms with Gasteiger partial charge in [0.25, 0.3) is 0 Å². The molecule has 0 amide bonds. The summed E-state index contributed by atoms with van der Waals surface area (Å²) < 4.78 is 15.7. The van der Waals surface area contributed by atoms with E-state index in [4.69, 9.17) is 25.2 Å². The SMILES string of the molecule is COCCOCCCOCc1ccc(/C(N)=N/O)cc1. The van der Waals surface area contributed by atoms with E-state index in [1.54, 1.807) is 19.2 Å². The maximum atomic E-state index is 8.55. The summed E-state index contributed by atoms with van der Waals surface area (Å²) in [6.07, 6.45) is 0.853. The van der Waals surface area contributed by atoms with Crippen LogP contribution in [0.4, 0.5) is 0 Å². The first-order valence-electron chi connectivity index (χ1n) is 6.49. The van der Waals surface area contributed by atoms with Gasteiger partial charge >= 0.3 is 0 Å². The lowest BCUT2D eigenvalue weighted by Crippen LogP contribution is -2.12. The smallest absolute Gasteiger partial charge is 0.170 e. The molecule has 0 aliphatic rings. The average Bonchev–Trinajstić information content (AvgIpc) is 2.50. The van der Waals surface area contributed by atoms with E-state index in [9.17, 15) is 0 Å². The second-order valence-electron chi connectivity index (χ2n) is 4.19. The van der Waals surface area contributed by atoms with Crippen LogP contribution in [0.25, 0.3) is 0 Å². The molecule has 6 heteroatoms. The minimum Gasteiger partial charge on any atom is -0.409 e. The Kier molecular flexibility index (Phi) is 8.37. The molecule has 0 fully saturated rings. The summed E-state index contributed by atoms with van der Waals surface area (Å²) in [6.45, 7) is 3.09. The highest BCUT2D eigenvalue weighted by Crippen LogP contribution is 2.06. The molecular formula is C14H22N2O4. The molecule has 112 valence electrons. The quantitative estimate of drug-likeness (QED) is 0.222. The van der Waals surface area contributed by atoms with E-state index in [0.29, 0.717) is 38.6 Å². The van der Waals surface area contributed by atoms with Crippen molar-refractivity contribution in [2.24, 2.45) is 10.9 Å². The standard InChI is InChI=1S/C14H22N2O4/c1-18-9-10-19-7-2-8-20-11-12-3-5-13(6-4-12)14(15)16-17/h3-6,17H,2,7-11H2,1H3,(H2,15,16). The zero-order valence-corrected chi connectivity index (χ0v) is 11.7. The van der Waals surface area contributed by atoms with Crippen LogP contribution in [0.1, 0.15) is 17.5 Å². The van der Waals surface area contributed by atoms with Gasteiger partial charge in [0, 0.05) is 25.9 Å². The van der Waals surface area contributed by atoms with E-state index in [1.165, 1.54) is 0 Å². The van der Waals surface area contributed by atoms with E-state index in [1.807, 2.05) is 12.1 Å². The Morgan fingerprint density at radius 2 is 1.80 bits per heavy atom. The monoisotopic (exact) mass is 282 g/mol. The Morgan fingerprint density at radius 1 is 1.10 bits per heavy atom. The molecule has 1 rings (SSSR count). The first-order chi connectivity index (χ1) is 9.77. The molecule has 0 saturated carbocycles. The third-order valence-corrected chi connectivity index (χ3v) is 2.64. The number of oxime groups is 1. The van der Waals surface area contributed by atoms with Crippen molar-refractivity contribution in [1.29, 1.82) is 0 Å². The lowest BCUT2D eigenvalue weighted by Gasteiger charge is -2.06. The summed E-state index contributed by atoms with van der Waals surface area (Å²) in [7, 11) is 1.65. The maximum absolute atomic E-state index is 8.55. The van der Waals surface area contributed by atoms with Gasteiger partial charge in [-0.15, -0.1) is 0 Å². The molecule has 0 spiro atoms. The molecule has 0 unspecified atom stereocenters. The molecule has 6 nitrogen and oxygen atoms in total. The number of hydrogen-bond donors (Lipinski definition) is 2. The fourth-order valence-electron chi connectivity index (χ4n) is 1.53. The van der Waals surface area contributed by atoms with Gasteiger partial charge in [-0.05, 0) is 12.0 Å². The Balaban J connectivity index is 2.13. The van der Waals surface area contributed by atoms with Crippen molar-refractivity contribution in [3.63, 3.8) is 0 Å². The predicted octanol–water partition coefficient (Wildman–Crippen LogP) is 1.35. The highest BCUT2D eigenvalue weighted by molar-refractivity contribution is 5.96. The van der Waals surface area contributed by atoms with Crippen LogP contribution < -0.4 is 5.73 Å². The molecule has 0 atom stereocenters. The highest BCUT2D eigenvalue weighted by Gasteiger charge is 1.99. The number of nitrogens with zero attached hydrogens (tertiary/aromatic N) is 1. The van der Waals surface area contributed by atoms with E-state index >= 15 is 0 Å². The molecular weight excluding hydrogens is 260 g/mol. The van der Waals surface area contributed by atoms with Gasteiger partial charge in [0.05, 0.1) is 19.8 Å². The molecule has 0 heterocycles. The van der Waals surface area contributed by atoms with Crippen LogP contribution >= 0.6 is 0 Å². The number of benzene rings is 1. The summed E-state index contributed by atoms with van der Waals surface area (Å²) in [5.74, 6) is 0.102. The van der Waals surface area contributed by atoms with Gasteiger partial charge in [0.15, 0.2) is 5.84 Å². The number of amidine groups is 1. The average molecular weight is 282 g/mol. The van der Waals surface area contributed by atoms with E-state index in [2.05, 4.69) is 5.16 Å². The van der Waals surface area contributed by atoms with Crippen molar-refractivity contribution in [3.05, 3.63) is 35.4 Å². The van der Waals surface area contributed by atoms with E-state index in [-0.39, 0.29) is 5.84 Å². The molecule has 1 aromatic carbocycles. The maximum Gasteiger partial charge on any atom is 0.170 e. The van der Waals surface area contributed by atoms with Gasteiger partial charge in [-0.25, -0.2) is 0 Å². The molecule has 0 bridgehead atoms. The van der Waals surface area contributed by atoms with Crippen LogP contribution in [0.15, 0.2) is 29.4 Å². The number of ether oxygens (including phenoxy) is 3. The van der Waals surface area contributed by atoms with Gasteiger partial charge in [-0.2, -0.15) is 0 Å². The molecule has 0 radical (unpaired) electrons. The second kappa shape index (κ2) is 10.2. The summed E-state index contributed by atoms with van der Waals surface area (Å²) in [6, 6.07) is 7.37. The van der Waals surface area contributed by atoms with Gasteiger partial charge in [0.2, 0.25) is 0 Å². The van der Waals surface area contributed by atoms with Gasteiger partial charge < -0.3 is 25.2 Å². The molecule has 0 aromatic heterocycles. The van der Waals surface area contributed by atoms with Gasteiger partial charge in [-0.1, -0.05) is 29.4 Å². The summed E-state index contributed by atoms with van der Waals surface area (Å²) in [5.41, 5.74) is 7.20. The van der Waals surface area contributed by atoms with Crippen LogP contribution in [-0.4, -0.2) is 44.6 Å². The Morgan fingerprint density at radius 3 is 2.45 bits per heavy atom. The number of rotatable bonds is 10. The van der Waals surface area contributed by atoms with Crippen molar-refractivity contribution in [2.45, 2.75) is 13.0 Å². The fourth-order valence-corrected chi connectivity index (χ4v) is 1.53. The van der Waals surface area contributed by atoms with Gasteiger partial charge in [0.1, 0.15) is 0 Å². The summed E-state index contributed by atoms with van der Waals surface area (Å²) in [5, 5.41) is 11.5.